The summed E-state index contributed by atoms with van der Waals surface area (Å²) in [6.07, 6.45) is 6.55. The lowest BCUT2D eigenvalue weighted by molar-refractivity contribution is 0.0603. The fourth-order valence-electron chi connectivity index (χ4n) is 4.90. The Morgan fingerprint density at radius 2 is 2.12 bits per heavy atom. The lowest BCUT2D eigenvalue weighted by Crippen LogP contribution is -2.48. The number of fused-ring (bicyclic) bond motifs is 1. The van der Waals surface area contributed by atoms with Crippen molar-refractivity contribution in [3.05, 3.63) is 17.5 Å². The van der Waals surface area contributed by atoms with Crippen LogP contribution < -0.4 is 0 Å². The first-order chi connectivity index (χ1) is 11.6. The normalized spacial score (nSPS) is 31.6. The number of rotatable bonds is 3. The largest absolute Gasteiger partial charge is 0.361 e. The van der Waals surface area contributed by atoms with Crippen LogP contribution in [-0.4, -0.2) is 77.6 Å². The molecule has 132 valence electrons. The minimum absolute atomic E-state index is 0.0813. The summed E-state index contributed by atoms with van der Waals surface area (Å²) in [7, 11) is 2.28. The van der Waals surface area contributed by atoms with Gasteiger partial charge in [0.15, 0.2) is 0 Å². The number of likely N-dealkylation sites (N-methyl/N-ethyl adjacent to an activating group) is 1. The maximum atomic E-state index is 12.7. The Balaban J connectivity index is 1.40. The van der Waals surface area contributed by atoms with Crippen LogP contribution in [-0.2, 0) is 0 Å². The quantitative estimate of drug-likeness (QED) is 0.842. The highest BCUT2D eigenvalue weighted by Crippen LogP contribution is 2.35. The molecule has 3 aliphatic rings. The molecule has 6 nitrogen and oxygen atoms in total. The zero-order chi connectivity index (χ0) is 16.7. The second kappa shape index (κ2) is 6.48. The van der Waals surface area contributed by atoms with Gasteiger partial charge in [0, 0.05) is 31.7 Å². The second-order valence-corrected chi connectivity index (χ2v) is 7.73. The minimum atomic E-state index is 0.0813. The number of hydrogen-bond donors (Lipinski definition) is 0. The van der Waals surface area contributed by atoms with Gasteiger partial charge in [-0.05, 0) is 58.7 Å². The standard InChI is InChI=1S/C18H28N4O2/c1-13-16(10-19-24-13)18(23)22-8-5-17-14(11-22)9-15(20(17)2)12-21-6-3-4-7-21/h10,14-15,17H,3-9,11-12H2,1-2H3/t14-,15+,17+/m1/s1. The fraction of sp³-hybridized carbons (Fsp3) is 0.778. The van der Waals surface area contributed by atoms with E-state index in [9.17, 15) is 4.79 Å². The van der Waals surface area contributed by atoms with Gasteiger partial charge in [-0.2, -0.15) is 0 Å². The van der Waals surface area contributed by atoms with Crippen LogP contribution in [0.2, 0.25) is 0 Å². The van der Waals surface area contributed by atoms with E-state index in [0.29, 0.717) is 29.3 Å². The first-order valence-corrected chi connectivity index (χ1v) is 9.28. The fourth-order valence-corrected chi connectivity index (χ4v) is 4.90. The van der Waals surface area contributed by atoms with E-state index in [1.165, 1.54) is 38.9 Å². The van der Waals surface area contributed by atoms with E-state index in [2.05, 4.69) is 22.0 Å². The van der Waals surface area contributed by atoms with Gasteiger partial charge in [-0.25, -0.2) is 0 Å². The zero-order valence-electron chi connectivity index (χ0n) is 14.8. The van der Waals surface area contributed by atoms with Gasteiger partial charge in [0.05, 0.1) is 6.20 Å². The van der Waals surface area contributed by atoms with Crippen molar-refractivity contribution >= 4 is 5.91 Å². The molecule has 4 heterocycles. The summed E-state index contributed by atoms with van der Waals surface area (Å²) >= 11 is 0. The Labute approximate surface area is 143 Å². The van der Waals surface area contributed by atoms with Crippen molar-refractivity contribution in [2.45, 2.75) is 44.7 Å². The Kier molecular flexibility index (Phi) is 4.35. The number of aromatic nitrogens is 1. The van der Waals surface area contributed by atoms with Crippen LogP contribution in [0.3, 0.4) is 0 Å². The van der Waals surface area contributed by atoms with Gasteiger partial charge in [-0.3, -0.25) is 9.69 Å². The molecule has 0 spiro atoms. The minimum Gasteiger partial charge on any atom is -0.361 e. The molecule has 0 aromatic carbocycles. The average molecular weight is 332 g/mol. The average Bonchev–Trinajstić information content (AvgIpc) is 3.29. The van der Waals surface area contributed by atoms with Crippen molar-refractivity contribution < 1.29 is 9.32 Å². The van der Waals surface area contributed by atoms with Crippen LogP contribution in [0, 0.1) is 12.8 Å². The van der Waals surface area contributed by atoms with E-state index in [-0.39, 0.29) is 5.91 Å². The Morgan fingerprint density at radius 3 is 2.83 bits per heavy atom. The maximum absolute atomic E-state index is 12.7. The number of aryl methyl sites for hydroxylation is 1. The SMILES string of the molecule is Cc1oncc1C(=O)N1CC[C@H]2[C@H](C[C@@H](CN3CCCC3)N2C)C1. The van der Waals surface area contributed by atoms with Crippen molar-refractivity contribution in [3.63, 3.8) is 0 Å². The van der Waals surface area contributed by atoms with Gasteiger partial charge in [0.1, 0.15) is 11.3 Å². The molecule has 6 heteroatoms. The lowest BCUT2D eigenvalue weighted by atomic mass is 9.91. The monoisotopic (exact) mass is 332 g/mol. The Hall–Kier alpha value is -1.40. The molecule has 24 heavy (non-hydrogen) atoms. The molecule has 0 aliphatic carbocycles. The van der Waals surface area contributed by atoms with Crippen LogP contribution in [0.4, 0.5) is 0 Å². The molecule has 3 aliphatic heterocycles. The molecular formula is C18H28N4O2. The highest BCUT2D eigenvalue weighted by atomic mass is 16.5. The molecule has 3 atom stereocenters. The van der Waals surface area contributed by atoms with Crippen molar-refractivity contribution in [2.75, 3.05) is 39.8 Å². The smallest absolute Gasteiger partial charge is 0.259 e. The van der Waals surface area contributed by atoms with Gasteiger partial charge >= 0.3 is 0 Å². The molecule has 0 saturated carbocycles. The number of likely N-dealkylation sites (tertiary alicyclic amines) is 3. The number of amides is 1. The molecule has 1 aromatic rings. The van der Waals surface area contributed by atoms with Crippen LogP contribution in [0.25, 0.3) is 0 Å². The van der Waals surface area contributed by atoms with E-state index in [0.717, 1.165) is 19.5 Å². The van der Waals surface area contributed by atoms with Crippen LogP contribution >= 0.6 is 0 Å². The van der Waals surface area contributed by atoms with Crippen molar-refractivity contribution in [3.8, 4) is 0 Å². The second-order valence-electron chi connectivity index (χ2n) is 7.73. The van der Waals surface area contributed by atoms with E-state index >= 15 is 0 Å². The zero-order valence-corrected chi connectivity index (χ0v) is 14.8. The molecule has 1 aromatic heterocycles. The third-order valence-electron chi connectivity index (χ3n) is 6.30. The van der Waals surface area contributed by atoms with Crippen LogP contribution in [0.15, 0.2) is 10.7 Å². The molecule has 0 unspecified atom stereocenters. The van der Waals surface area contributed by atoms with Crippen LogP contribution in [0.1, 0.15) is 41.8 Å². The third kappa shape index (κ3) is 2.86. The Bertz CT molecular complexity index is 596. The first kappa shape index (κ1) is 16.1. The van der Waals surface area contributed by atoms with E-state index in [1.807, 2.05) is 11.8 Å². The van der Waals surface area contributed by atoms with E-state index in [1.54, 1.807) is 6.20 Å². The van der Waals surface area contributed by atoms with Crippen molar-refractivity contribution in [1.82, 2.24) is 19.9 Å². The third-order valence-corrected chi connectivity index (χ3v) is 6.30. The molecule has 3 fully saturated rings. The first-order valence-electron chi connectivity index (χ1n) is 9.28. The molecule has 3 saturated heterocycles. The lowest BCUT2D eigenvalue weighted by Gasteiger charge is -2.37. The number of piperidine rings is 1. The van der Waals surface area contributed by atoms with E-state index in [4.69, 9.17) is 4.52 Å². The molecule has 4 rings (SSSR count). The predicted molar refractivity (Wildman–Crippen MR) is 90.9 cm³/mol. The molecule has 0 N–H and O–H groups in total. The number of carbonyl (C=O) groups excluding carboxylic acids is 1. The van der Waals surface area contributed by atoms with Gasteiger partial charge in [-0.1, -0.05) is 5.16 Å². The highest BCUT2D eigenvalue weighted by Gasteiger charge is 2.43. The highest BCUT2D eigenvalue weighted by molar-refractivity contribution is 5.94. The molecule has 1 amide bonds. The Morgan fingerprint density at radius 1 is 1.33 bits per heavy atom. The molecule has 0 bridgehead atoms. The van der Waals surface area contributed by atoms with Crippen molar-refractivity contribution in [2.24, 2.45) is 5.92 Å². The number of carbonyl (C=O) groups is 1. The van der Waals surface area contributed by atoms with E-state index < -0.39 is 0 Å². The number of nitrogens with zero attached hydrogens (tertiary/aromatic N) is 4. The van der Waals surface area contributed by atoms with Gasteiger partial charge in [0.25, 0.3) is 5.91 Å². The summed E-state index contributed by atoms with van der Waals surface area (Å²) in [5.41, 5.74) is 0.619. The number of hydrogen-bond acceptors (Lipinski definition) is 5. The van der Waals surface area contributed by atoms with Gasteiger partial charge in [-0.15, -0.1) is 0 Å². The summed E-state index contributed by atoms with van der Waals surface area (Å²) in [5.74, 6) is 1.30. The summed E-state index contributed by atoms with van der Waals surface area (Å²) in [6.45, 7) is 7.24. The predicted octanol–water partition coefficient (Wildman–Crippen LogP) is 1.61. The van der Waals surface area contributed by atoms with Gasteiger partial charge < -0.3 is 14.3 Å². The molecular weight excluding hydrogens is 304 g/mol. The maximum Gasteiger partial charge on any atom is 0.259 e. The summed E-state index contributed by atoms with van der Waals surface area (Å²) in [5, 5.41) is 3.75. The summed E-state index contributed by atoms with van der Waals surface area (Å²) in [4.78, 5) is 19.9. The van der Waals surface area contributed by atoms with Crippen LogP contribution in [0.5, 0.6) is 0 Å². The van der Waals surface area contributed by atoms with Crippen molar-refractivity contribution in [1.29, 1.82) is 0 Å². The summed E-state index contributed by atoms with van der Waals surface area (Å²) in [6, 6.07) is 1.27. The summed E-state index contributed by atoms with van der Waals surface area (Å²) < 4.78 is 5.06. The van der Waals surface area contributed by atoms with Gasteiger partial charge in [0.2, 0.25) is 0 Å². The topological polar surface area (TPSA) is 52.8 Å². The molecule has 0 radical (unpaired) electrons.